The van der Waals surface area contributed by atoms with Crippen LogP contribution in [0.2, 0.25) is 0 Å². The van der Waals surface area contributed by atoms with Crippen molar-refractivity contribution in [2.75, 3.05) is 0 Å². The number of nitrogens with zero attached hydrogens (tertiary/aromatic N) is 1. The van der Waals surface area contributed by atoms with Crippen LogP contribution in [0, 0.1) is 0 Å². The Hall–Kier alpha value is -5.57. The van der Waals surface area contributed by atoms with Gasteiger partial charge in [0.1, 0.15) is 0 Å². The quantitative estimate of drug-likeness (QED) is 0.140. The van der Waals surface area contributed by atoms with E-state index in [2.05, 4.69) is 182 Å². The van der Waals surface area contributed by atoms with Gasteiger partial charge in [0.05, 0.1) is 17.3 Å². The van der Waals surface area contributed by atoms with E-state index in [0.29, 0.717) is 0 Å². The van der Waals surface area contributed by atoms with Crippen LogP contribution in [0.4, 0.5) is 5.69 Å². The lowest BCUT2D eigenvalue weighted by Crippen LogP contribution is -2.74. The molecule has 1 aliphatic carbocycles. The average molecular weight is 602 g/mol. The van der Waals surface area contributed by atoms with Gasteiger partial charge in [0.15, 0.2) is 8.07 Å². The van der Waals surface area contributed by atoms with E-state index in [9.17, 15) is 0 Å². The average Bonchev–Trinajstić information content (AvgIpc) is 3.53. The molecule has 1 atom stereocenters. The summed E-state index contributed by atoms with van der Waals surface area (Å²) in [6.45, 7) is 0. The molecule has 9 rings (SSSR count). The van der Waals surface area contributed by atoms with Gasteiger partial charge in [-0.2, -0.15) is 0 Å². The van der Waals surface area contributed by atoms with Gasteiger partial charge in [-0.25, -0.2) is 0 Å². The van der Waals surface area contributed by atoms with Gasteiger partial charge in [-0.1, -0.05) is 176 Å². The van der Waals surface area contributed by atoms with Crippen LogP contribution in [-0.4, -0.2) is 13.8 Å². The van der Waals surface area contributed by atoms with E-state index in [4.69, 9.17) is 4.99 Å². The first kappa shape index (κ1) is 26.8. The fraction of sp³-hybridized carbons (Fsp3) is 0.0227. The van der Waals surface area contributed by atoms with Crippen LogP contribution in [-0.2, 0) is 0 Å². The van der Waals surface area contributed by atoms with Crippen LogP contribution in [0.1, 0.15) is 22.6 Å². The van der Waals surface area contributed by atoms with Crippen LogP contribution in [0.5, 0.6) is 0 Å². The second-order valence-electron chi connectivity index (χ2n) is 12.3. The minimum absolute atomic E-state index is 0.173. The van der Waals surface area contributed by atoms with Gasteiger partial charge in [0.2, 0.25) is 0 Å². The highest BCUT2D eigenvalue weighted by molar-refractivity contribution is 7.19. The van der Waals surface area contributed by atoms with Crippen molar-refractivity contribution in [2.24, 2.45) is 4.99 Å². The second kappa shape index (κ2) is 10.8. The molecule has 46 heavy (non-hydrogen) atoms. The number of rotatable bonds is 5. The highest BCUT2D eigenvalue weighted by Crippen LogP contribution is 2.50. The van der Waals surface area contributed by atoms with Gasteiger partial charge in [-0.05, 0) is 60.2 Å². The summed E-state index contributed by atoms with van der Waals surface area (Å²) < 4.78 is 0. The normalized spacial score (nSPS) is 14.4. The van der Waals surface area contributed by atoms with Crippen molar-refractivity contribution in [2.45, 2.75) is 5.92 Å². The molecule has 0 saturated carbocycles. The maximum Gasteiger partial charge on any atom is 0.179 e. The zero-order valence-corrected chi connectivity index (χ0v) is 26.3. The number of benzene rings is 7. The first-order valence-electron chi connectivity index (χ1n) is 16.0. The largest absolute Gasteiger partial charge is 0.251 e. The molecular weight excluding hydrogens is 571 g/mol. The van der Waals surface area contributed by atoms with Crippen molar-refractivity contribution in [3.63, 3.8) is 0 Å². The molecule has 7 aromatic rings. The molecule has 0 saturated heterocycles. The van der Waals surface area contributed by atoms with Crippen LogP contribution in [0.25, 0.3) is 22.3 Å². The molecule has 1 heterocycles. The van der Waals surface area contributed by atoms with Crippen molar-refractivity contribution in [3.8, 4) is 22.3 Å². The fourth-order valence-electron chi connectivity index (χ4n) is 7.85. The minimum atomic E-state index is -2.55. The van der Waals surface area contributed by atoms with Crippen LogP contribution < -0.4 is 20.7 Å². The van der Waals surface area contributed by atoms with Gasteiger partial charge in [0.25, 0.3) is 0 Å². The Bertz CT molecular complexity index is 2140. The predicted molar refractivity (Wildman–Crippen MR) is 195 cm³/mol. The van der Waals surface area contributed by atoms with Crippen molar-refractivity contribution < 1.29 is 0 Å². The number of hydrogen-bond acceptors (Lipinski definition) is 1. The third-order valence-corrected chi connectivity index (χ3v) is 14.7. The van der Waals surface area contributed by atoms with Crippen molar-refractivity contribution in [3.05, 3.63) is 199 Å². The summed E-state index contributed by atoms with van der Waals surface area (Å²) in [6, 6.07) is 67.1. The molecule has 0 aromatic heterocycles. The molecule has 7 aromatic carbocycles. The Morgan fingerprint density at radius 1 is 0.370 bits per heavy atom. The Kier molecular flexibility index (Phi) is 6.29. The standard InChI is InChI=1S/C44H31NSi/c1-4-14-33(15-5-1)46(34-16-6-2-7-17-34,35-18-8-3-9-19-35)36-27-24-31(25-28-36)32-26-29-41-42(30-32)45-44-40-23-13-11-21-38(40)37-20-10-12-22-39(37)43(41)44/h1-30,43H. The molecule has 0 bridgehead atoms. The summed E-state index contributed by atoms with van der Waals surface area (Å²) in [5.74, 6) is 0.173. The molecule has 2 aliphatic rings. The highest BCUT2D eigenvalue weighted by atomic mass is 28.3. The van der Waals surface area contributed by atoms with Crippen LogP contribution in [0.3, 0.4) is 0 Å². The third kappa shape index (κ3) is 4.04. The molecule has 216 valence electrons. The molecule has 2 heteroatoms. The lowest BCUT2D eigenvalue weighted by Gasteiger charge is -2.34. The molecule has 1 nitrogen and oxygen atoms in total. The molecule has 1 unspecified atom stereocenters. The summed E-state index contributed by atoms with van der Waals surface area (Å²) in [6.07, 6.45) is 0. The Morgan fingerprint density at radius 2 is 0.848 bits per heavy atom. The Morgan fingerprint density at radius 3 is 1.46 bits per heavy atom. The lowest BCUT2D eigenvalue weighted by atomic mass is 9.75. The topological polar surface area (TPSA) is 12.4 Å². The zero-order chi connectivity index (χ0) is 30.5. The van der Waals surface area contributed by atoms with Crippen molar-refractivity contribution >= 4 is 40.2 Å². The van der Waals surface area contributed by atoms with Crippen molar-refractivity contribution in [1.82, 2.24) is 0 Å². The molecule has 0 radical (unpaired) electrons. The van der Waals surface area contributed by atoms with Gasteiger partial charge in [-0.3, -0.25) is 4.99 Å². The number of aliphatic imine (C=N–C) groups is 1. The molecule has 1 aliphatic heterocycles. The van der Waals surface area contributed by atoms with Gasteiger partial charge >= 0.3 is 0 Å². The summed E-state index contributed by atoms with van der Waals surface area (Å²) in [4.78, 5) is 5.30. The second-order valence-corrected chi connectivity index (χ2v) is 16.1. The lowest BCUT2D eigenvalue weighted by molar-refractivity contribution is 1.10. The van der Waals surface area contributed by atoms with E-state index in [1.54, 1.807) is 0 Å². The van der Waals surface area contributed by atoms with Crippen LogP contribution >= 0.6 is 0 Å². The van der Waals surface area contributed by atoms with Gasteiger partial charge < -0.3 is 0 Å². The van der Waals surface area contributed by atoms with Gasteiger partial charge in [-0.15, -0.1) is 0 Å². The SMILES string of the molecule is c1ccc([Si](c2ccccc2)(c2ccccc2)c2ccc(-c3ccc4c(c3)N=C3c5ccccc5-c5ccccc5C34)cc2)cc1. The summed E-state index contributed by atoms with van der Waals surface area (Å²) >= 11 is 0. The van der Waals surface area contributed by atoms with E-state index in [1.165, 1.54) is 65.4 Å². The van der Waals surface area contributed by atoms with Crippen LogP contribution in [0.15, 0.2) is 187 Å². The maximum atomic E-state index is 5.30. The monoisotopic (exact) mass is 601 g/mol. The summed E-state index contributed by atoms with van der Waals surface area (Å²) in [5.41, 5.74) is 11.1. The van der Waals surface area contributed by atoms with E-state index in [0.717, 1.165) is 5.69 Å². The predicted octanol–water partition coefficient (Wildman–Crippen LogP) is 7.98. The summed E-state index contributed by atoms with van der Waals surface area (Å²) in [7, 11) is -2.55. The maximum absolute atomic E-state index is 5.30. The van der Waals surface area contributed by atoms with E-state index < -0.39 is 8.07 Å². The van der Waals surface area contributed by atoms with Gasteiger partial charge in [0, 0.05) is 5.56 Å². The minimum Gasteiger partial charge on any atom is -0.251 e. The summed E-state index contributed by atoms with van der Waals surface area (Å²) in [5, 5.41) is 5.53. The Balaban J connectivity index is 1.17. The molecule has 0 fully saturated rings. The number of fused-ring (bicyclic) bond motifs is 8. The smallest absolute Gasteiger partial charge is 0.179 e. The zero-order valence-electron chi connectivity index (χ0n) is 25.3. The molecule has 0 spiro atoms. The fourth-order valence-corrected chi connectivity index (χ4v) is 12.6. The first-order chi connectivity index (χ1) is 22.8. The molecule has 0 N–H and O–H groups in total. The van der Waals surface area contributed by atoms with E-state index in [-0.39, 0.29) is 5.92 Å². The van der Waals surface area contributed by atoms with E-state index in [1.807, 2.05) is 0 Å². The first-order valence-corrected chi connectivity index (χ1v) is 18.0. The number of hydrogen-bond donors (Lipinski definition) is 0. The Labute approximate surface area is 271 Å². The third-order valence-electron chi connectivity index (χ3n) is 9.89. The molecule has 0 amide bonds. The van der Waals surface area contributed by atoms with Crippen molar-refractivity contribution in [1.29, 1.82) is 0 Å². The van der Waals surface area contributed by atoms with E-state index >= 15 is 0 Å². The highest BCUT2D eigenvalue weighted by Gasteiger charge is 2.41. The molecular formula is C44H31NSi.